The number of hydrogen-bond donors (Lipinski definition) is 2. The molecule has 1 aliphatic heterocycles. The van der Waals surface area contributed by atoms with Crippen LogP contribution in [0.15, 0.2) is 59.6 Å². The van der Waals surface area contributed by atoms with Gasteiger partial charge in [-0.2, -0.15) is 0 Å². The number of thiocarbonyl (C=S) groups is 1. The molecule has 1 aliphatic carbocycles. The van der Waals surface area contributed by atoms with Gasteiger partial charge in [0.05, 0.1) is 0 Å². The molecule has 0 aromatic heterocycles. The van der Waals surface area contributed by atoms with Gasteiger partial charge in [-0.05, 0) is 35.5 Å². The number of ketones is 1. The summed E-state index contributed by atoms with van der Waals surface area (Å²) < 4.78 is 0. The van der Waals surface area contributed by atoms with Crippen molar-refractivity contribution in [2.75, 3.05) is 0 Å². The van der Waals surface area contributed by atoms with E-state index >= 15 is 0 Å². The maximum absolute atomic E-state index is 13.6. The number of aliphatic imine (C=N–C) groups is 1. The van der Waals surface area contributed by atoms with Crippen molar-refractivity contribution in [2.24, 2.45) is 22.1 Å². The van der Waals surface area contributed by atoms with Crippen LogP contribution in [-0.2, 0) is 9.59 Å². The summed E-state index contributed by atoms with van der Waals surface area (Å²) in [5.41, 5.74) is 6.94. The molecule has 7 heteroatoms. The molecular formula is C22H20ClN3O2S. The quantitative estimate of drug-likeness (QED) is 0.720. The zero-order valence-electron chi connectivity index (χ0n) is 15.8. The van der Waals surface area contributed by atoms with Crippen LogP contribution in [0.5, 0.6) is 0 Å². The molecule has 2 aromatic carbocycles. The van der Waals surface area contributed by atoms with Crippen LogP contribution in [0.4, 0.5) is 0 Å². The lowest BCUT2D eigenvalue weighted by Crippen LogP contribution is -2.64. The highest BCUT2D eigenvalue weighted by Crippen LogP contribution is 2.57. The standard InChI is InChI=1S/C22H20ClN3O2S/c1-12-17(27)11-16(13-7-9-15(23)10-8-13)22(18(12)14-5-3-2-4-6-14)19(24)25-21(29)26-20(22)28/h2-10,12,16,18H,11H2,1H3,(H3,24,25,26,28,29)/t12-,16?,18-,22?/m0/s1. The molecular weight excluding hydrogens is 406 g/mol. The van der Waals surface area contributed by atoms with Gasteiger partial charge in [0.15, 0.2) is 0 Å². The van der Waals surface area contributed by atoms with Gasteiger partial charge in [-0.3, -0.25) is 9.59 Å². The molecule has 0 radical (unpaired) electrons. The Balaban J connectivity index is 2.01. The zero-order chi connectivity index (χ0) is 20.8. The fraction of sp³-hybridized carbons (Fsp3) is 0.273. The molecule has 1 saturated carbocycles. The fourth-order valence-electron chi connectivity index (χ4n) is 4.82. The van der Waals surface area contributed by atoms with E-state index in [1.54, 1.807) is 12.1 Å². The summed E-state index contributed by atoms with van der Waals surface area (Å²) in [6.07, 6.45) is 0.183. The molecule has 1 spiro atoms. The average molecular weight is 426 g/mol. The number of rotatable bonds is 2. The highest BCUT2D eigenvalue weighted by atomic mass is 35.5. The summed E-state index contributed by atoms with van der Waals surface area (Å²) in [5, 5.41) is 3.33. The Morgan fingerprint density at radius 2 is 1.76 bits per heavy atom. The lowest BCUT2D eigenvalue weighted by Gasteiger charge is -2.51. The van der Waals surface area contributed by atoms with Gasteiger partial charge in [0.1, 0.15) is 17.0 Å². The number of benzene rings is 2. The van der Waals surface area contributed by atoms with Gasteiger partial charge in [0.2, 0.25) is 11.0 Å². The Hall–Kier alpha value is -2.57. The third-order valence-electron chi connectivity index (χ3n) is 6.13. The number of nitrogens with two attached hydrogens (primary N) is 1. The highest BCUT2D eigenvalue weighted by molar-refractivity contribution is 7.80. The van der Waals surface area contributed by atoms with Gasteiger partial charge < -0.3 is 11.1 Å². The van der Waals surface area contributed by atoms with Crippen molar-refractivity contribution in [3.05, 3.63) is 70.7 Å². The van der Waals surface area contributed by atoms with E-state index in [9.17, 15) is 9.59 Å². The predicted octanol–water partition coefficient (Wildman–Crippen LogP) is 3.57. The van der Waals surface area contributed by atoms with Gasteiger partial charge in [0.25, 0.3) is 0 Å². The molecule has 4 atom stereocenters. The van der Waals surface area contributed by atoms with E-state index in [0.717, 1.165) is 11.1 Å². The number of carbonyl (C=O) groups excluding carboxylic acids is 2. The first kappa shape index (κ1) is 19.7. The molecule has 5 nitrogen and oxygen atoms in total. The van der Waals surface area contributed by atoms with E-state index in [0.29, 0.717) is 5.02 Å². The molecule has 1 heterocycles. The predicted molar refractivity (Wildman–Crippen MR) is 117 cm³/mol. The molecule has 2 aliphatic rings. The maximum Gasteiger partial charge on any atom is 0.241 e. The number of amidine groups is 1. The van der Waals surface area contributed by atoms with Crippen LogP contribution < -0.4 is 11.1 Å². The highest BCUT2D eigenvalue weighted by Gasteiger charge is 2.62. The van der Waals surface area contributed by atoms with Crippen molar-refractivity contribution >= 4 is 46.5 Å². The second-order valence-electron chi connectivity index (χ2n) is 7.58. The van der Waals surface area contributed by atoms with E-state index in [4.69, 9.17) is 29.6 Å². The van der Waals surface area contributed by atoms with Gasteiger partial charge in [-0.25, -0.2) is 4.99 Å². The normalized spacial score (nSPS) is 29.5. The number of nitrogens with one attached hydrogen (secondary N) is 1. The first-order chi connectivity index (χ1) is 13.9. The third kappa shape index (κ3) is 3.07. The molecule has 29 heavy (non-hydrogen) atoms. The molecule has 2 aromatic rings. The summed E-state index contributed by atoms with van der Waals surface area (Å²) in [5.74, 6) is -1.45. The van der Waals surface area contributed by atoms with Crippen LogP contribution in [0.2, 0.25) is 5.02 Å². The van der Waals surface area contributed by atoms with Crippen molar-refractivity contribution in [1.29, 1.82) is 0 Å². The average Bonchev–Trinajstić information content (AvgIpc) is 2.69. The number of amides is 1. The second-order valence-corrected chi connectivity index (χ2v) is 8.40. The summed E-state index contributed by atoms with van der Waals surface area (Å²) in [7, 11) is 0. The van der Waals surface area contributed by atoms with Crippen molar-refractivity contribution in [1.82, 2.24) is 5.32 Å². The first-order valence-electron chi connectivity index (χ1n) is 9.39. The van der Waals surface area contributed by atoms with E-state index < -0.39 is 23.2 Å². The van der Waals surface area contributed by atoms with Crippen LogP contribution in [0.25, 0.3) is 0 Å². The van der Waals surface area contributed by atoms with Crippen LogP contribution in [-0.4, -0.2) is 22.6 Å². The Morgan fingerprint density at radius 3 is 2.38 bits per heavy atom. The van der Waals surface area contributed by atoms with Crippen LogP contribution in [0.3, 0.4) is 0 Å². The number of Topliss-reactive ketones (excluding diaryl/α,β-unsaturated/α-hetero) is 1. The molecule has 148 valence electrons. The van der Waals surface area contributed by atoms with Gasteiger partial charge in [-0.1, -0.05) is 61.0 Å². The minimum atomic E-state index is -1.23. The Bertz CT molecular complexity index is 1020. The van der Waals surface area contributed by atoms with Crippen molar-refractivity contribution in [3.8, 4) is 0 Å². The lowest BCUT2D eigenvalue weighted by atomic mass is 9.51. The SMILES string of the molecule is C[C@H]1C(=O)CC(c2ccc(Cl)cc2)C2(C(=O)NC(=S)N=C2N)[C@@H]1c1ccccc1. The minimum absolute atomic E-state index is 0.0457. The monoisotopic (exact) mass is 425 g/mol. The van der Waals surface area contributed by atoms with E-state index in [-0.39, 0.29) is 29.1 Å². The third-order valence-corrected chi connectivity index (χ3v) is 6.57. The smallest absolute Gasteiger partial charge is 0.241 e. The van der Waals surface area contributed by atoms with Crippen LogP contribution >= 0.6 is 23.8 Å². The van der Waals surface area contributed by atoms with Crippen molar-refractivity contribution in [2.45, 2.75) is 25.2 Å². The molecule has 0 saturated heterocycles. The zero-order valence-corrected chi connectivity index (χ0v) is 17.3. The molecule has 4 rings (SSSR count). The van der Waals surface area contributed by atoms with Gasteiger partial charge in [0, 0.05) is 29.2 Å². The first-order valence-corrected chi connectivity index (χ1v) is 10.2. The molecule has 3 N–H and O–H groups in total. The summed E-state index contributed by atoms with van der Waals surface area (Å²) >= 11 is 11.2. The summed E-state index contributed by atoms with van der Waals surface area (Å²) in [6.45, 7) is 1.85. The molecule has 0 bridgehead atoms. The van der Waals surface area contributed by atoms with Crippen molar-refractivity contribution < 1.29 is 9.59 Å². The molecule has 2 unspecified atom stereocenters. The fourth-order valence-corrected chi connectivity index (χ4v) is 5.13. The van der Waals surface area contributed by atoms with Crippen LogP contribution in [0, 0.1) is 11.3 Å². The Morgan fingerprint density at radius 1 is 1.10 bits per heavy atom. The number of hydrogen-bond acceptors (Lipinski definition) is 4. The Labute approximate surface area is 179 Å². The molecule has 1 amide bonds. The van der Waals surface area contributed by atoms with E-state index in [2.05, 4.69) is 10.3 Å². The largest absolute Gasteiger partial charge is 0.386 e. The van der Waals surface area contributed by atoms with Gasteiger partial charge >= 0.3 is 0 Å². The van der Waals surface area contributed by atoms with Crippen LogP contribution in [0.1, 0.15) is 36.3 Å². The van der Waals surface area contributed by atoms with E-state index in [1.807, 2.05) is 49.4 Å². The van der Waals surface area contributed by atoms with Gasteiger partial charge in [-0.15, -0.1) is 0 Å². The Kier molecular flexibility index (Phi) is 5.00. The number of carbonyl (C=O) groups is 2. The van der Waals surface area contributed by atoms with E-state index in [1.165, 1.54) is 0 Å². The summed E-state index contributed by atoms with van der Waals surface area (Å²) in [6, 6.07) is 16.7. The maximum atomic E-state index is 13.6. The lowest BCUT2D eigenvalue weighted by molar-refractivity contribution is -0.136. The second kappa shape index (κ2) is 7.35. The molecule has 1 fully saturated rings. The summed E-state index contributed by atoms with van der Waals surface area (Å²) in [4.78, 5) is 30.9. The van der Waals surface area contributed by atoms with Crippen molar-refractivity contribution in [3.63, 3.8) is 0 Å². The minimum Gasteiger partial charge on any atom is -0.386 e. The number of halogens is 1. The number of nitrogens with zero attached hydrogens (tertiary/aromatic N) is 1. The topological polar surface area (TPSA) is 84.5 Å².